The Hall–Kier alpha value is -0.200. The first kappa shape index (κ1) is 14.2. The molecule has 2 heterocycles. The molecule has 2 N–H and O–H groups in total. The maximum absolute atomic E-state index is 5.93. The van der Waals surface area contributed by atoms with Crippen LogP contribution in [-0.4, -0.2) is 25.0 Å². The molecule has 0 radical (unpaired) electrons. The zero-order valence-electron chi connectivity index (χ0n) is 10.3. The van der Waals surface area contributed by atoms with E-state index < -0.39 is 0 Å². The Kier molecular flexibility index (Phi) is 5.38. The smallest absolute Gasteiger partial charge is 0.0573 e. The summed E-state index contributed by atoms with van der Waals surface area (Å²) in [7, 11) is 2.15. The van der Waals surface area contributed by atoms with Crippen molar-refractivity contribution in [2.24, 2.45) is 5.73 Å². The highest BCUT2D eigenvalue weighted by atomic mass is 79.9. The number of hydrogen-bond acceptors (Lipinski definition) is 4. The van der Waals surface area contributed by atoms with Crippen LogP contribution in [-0.2, 0) is 6.42 Å². The van der Waals surface area contributed by atoms with Crippen molar-refractivity contribution in [1.82, 2.24) is 4.90 Å². The van der Waals surface area contributed by atoms with E-state index in [2.05, 4.69) is 56.8 Å². The molecule has 0 bridgehead atoms. The van der Waals surface area contributed by atoms with Gasteiger partial charge >= 0.3 is 0 Å². The lowest BCUT2D eigenvalue weighted by molar-refractivity contribution is 0.256. The average Bonchev–Trinajstić information content (AvgIpc) is 3.00. The Morgan fingerprint density at radius 1 is 1.33 bits per heavy atom. The van der Waals surface area contributed by atoms with Crippen molar-refractivity contribution < 1.29 is 0 Å². The van der Waals surface area contributed by atoms with Crippen molar-refractivity contribution in [2.45, 2.75) is 12.5 Å². The predicted molar refractivity (Wildman–Crippen MR) is 84.5 cm³/mol. The van der Waals surface area contributed by atoms with E-state index in [0.29, 0.717) is 12.6 Å². The third-order valence-electron chi connectivity index (χ3n) is 2.99. The van der Waals surface area contributed by atoms with Crippen LogP contribution in [0.1, 0.15) is 15.8 Å². The number of halogens is 1. The summed E-state index contributed by atoms with van der Waals surface area (Å²) in [5.74, 6) is 0. The van der Waals surface area contributed by atoms with Crippen molar-refractivity contribution in [3.05, 3.63) is 43.2 Å². The van der Waals surface area contributed by atoms with Crippen molar-refractivity contribution in [2.75, 3.05) is 20.1 Å². The lowest BCUT2D eigenvalue weighted by Crippen LogP contribution is -2.31. The first-order valence-corrected chi connectivity index (χ1v) is 8.43. The third-order valence-corrected chi connectivity index (χ3v) is 5.90. The molecule has 0 aliphatic heterocycles. The van der Waals surface area contributed by atoms with Crippen LogP contribution in [0.15, 0.2) is 33.4 Å². The van der Waals surface area contributed by atoms with E-state index in [9.17, 15) is 0 Å². The molecule has 0 amide bonds. The molecule has 5 heteroatoms. The summed E-state index contributed by atoms with van der Waals surface area (Å²) in [5, 5.41) is 4.24. The summed E-state index contributed by atoms with van der Waals surface area (Å²) >= 11 is 7.18. The molecule has 1 atom stereocenters. The van der Waals surface area contributed by atoms with E-state index in [1.54, 1.807) is 11.3 Å². The summed E-state index contributed by atoms with van der Waals surface area (Å²) in [6, 6.07) is 6.70. The zero-order valence-corrected chi connectivity index (χ0v) is 13.5. The molecule has 2 nitrogen and oxygen atoms in total. The number of thiophene rings is 2. The Bertz CT molecular complexity index is 467. The first-order chi connectivity index (χ1) is 8.72. The number of nitrogens with zero attached hydrogens (tertiary/aromatic N) is 1. The summed E-state index contributed by atoms with van der Waals surface area (Å²) in [4.78, 5) is 5.10. The lowest BCUT2D eigenvalue weighted by atomic mass is 10.2. The molecule has 2 aromatic rings. The second kappa shape index (κ2) is 6.82. The van der Waals surface area contributed by atoms with E-state index in [1.165, 1.54) is 14.2 Å². The molecule has 2 aromatic heterocycles. The molecule has 0 aliphatic carbocycles. The van der Waals surface area contributed by atoms with Crippen LogP contribution < -0.4 is 5.73 Å². The van der Waals surface area contributed by atoms with Gasteiger partial charge in [0.25, 0.3) is 0 Å². The van der Waals surface area contributed by atoms with Gasteiger partial charge in [-0.1, -0.05) is 6.07 Å². The molecule has 2 rings (SSSR count). The monoisotopic (exact) mass is 344 g/mol. The summed E-state index contributed by atoms with van der Waals surface area (Å²) < 4.78 is 1.17. The van der Waals surface area contributed by atoms with Crippen LogP contribution in [0, 0.1) is 0 Å². The molecule has 0 spiro atoms. The molecular weight excluding hydrogens is 328 g/mol. The first-order valence-electron chi connectivity index (χ1n) is 5.88. The molecule has 1 unspecified atom stereocenters. The van der Waals surface area contributed by atoms with Gasteiger partial charge in [-0.25, -0.2) is 0 Å². The molecule has 0 saturated carbocycles. The van der Waals surface area contributed by atoms with Gasteiger partial charge in [0.15, 0.2) is 0 Å². The predicted octanol–water partition coefficient (Wildman–Crippen LogP) is 3.75. The normalized spacial score (nSPS) is 13.1. The zero-order chi connectivity index (χ0) is 13.0. The third kappa shape index (κ3) is 3.42. The molecular formula is C13H17BrN2S2. The minimum Gasteiger partial charge on any atom is -0.329 e. The van der Waals surface area contributed by atoms with Gasteiger partial charge in [-0.05, 0) is 52.3 Å². The van der Waals surface area contributed by atoms with Gasteiger partial charge in [-0.2, -0.15) is 0 Å². The fraction of sp³-hybridized carbons (Fsp3) is 0.385. The standard InChI is InChI=1S/C13H17BrN2S2/c1-16(6-4-10-3-2-7-17-10)12(9-15)13-11(14)5-8-18-13/h2-3,5,7-8,12H,4,6,9,15H2,1H3. The number of nitrogens with two attached hydrogens (primary N) is 1. The Morgan fingerprint density at radius 2 is 2.17 bits per heavy atom. The van der Waals surface area contributed by atoms with Gasteiger partial charge in [0.1, 0.15) is 0 Å². The molecule has 18 heavy (non-hydrogen) atoms. The summed E-state index contributed by atoms with van der Waals surface area (Å²) in [5.41, 5.74) is 5.93. The largest absolute Gasteiger partial charge is 0.329 e. The highest BCUT2D eigenvalue weighted by Crippen LogP contribution is 2.31. The van der Waals surface area contributed by atoms with Crippen LogP contribution >= 0.6 is 38.6 Å². The molecule has 0 saturated heterocycles. The molecule has 98 valence electrons. The number of hydrogen-bond donors (Lipinski definition) is 1. The van der Waals surface area contributed by atoms with E-state index in [4.69, 9.17) is 5.73 Å². The highest BCUT2D eigenvalue weighted by Gasteiger charge is 2.19. The molecule has 0 aliphatic rings. The van der Waals surface area contributed by atoms with E-state index in [1.807, 2.05) is 11.3 Å². The second-order valence-electron chi connectivity index (χ2n) is 4.19. The highest BCUT2D eigenvalue weighted by molar-refractivity contribution is 9.10. The van der Waals surface area contributed by atoms with Crippen molar-refractivity contribution in [3.63, 3.8) is 0 Å². The van der Waals surface area contributed by atoms with E-state index >= 15 is 0 Å². The molecule has 0 aromatic carbocycles. The van der Waals surface area contributed by atoms with Gasteiger partial charge < -0.3 is 5.73 Å². The van der Waals surface area contributed by atoms with E-state index in [-0.39, 0.29) is 0 Å². The van der Waals surface area contributed by atoms with Gasteiger partial charge in [-0.3, -0.25) is 4.90 Å². The maximum Gasteiger partial charge on any atom is 0.0573 e. The fourth-order valence-electron chi connectivity index (χ4n) is 1.93. The lowest BCUT2D eigenvalue weighted by Gasteiger charge is -2.26. The van der Waals surface area contributed by atoms with Crippen LogP contribution in [0.4, 0.5) is 0 Å². The van der Waals surface area contributed by atoms with Gasteiger partial charge in [0.2, 0.25) is 0 Å². The summed E-state index contributed by atoms with van der Waals surface area (Å²) in [6.07, 6.45) is 1.09. The fourth-order valence-corrected chi connectivity index (χ4v) is 4.44. The van der Waals surface area contributed by atoms with Gasteiger partial charge in [-0.15, -0.1) is 22.7 Å². The van der Waals surface area contributed by atoms with Crippen molar-refractivity contribution in [3.8, 4) is 0 Å². The van der Waals surface area contributed by atoms with Crippen LogP contribution in [0.5, 0.6) is 0 Å². The Morgan fingerprint density at radius 3 is 2.72 bits per heavy atom. The second-order valence-corrected chi connectivity index (χ2v) is 7.03. The quantitative estimate of drug-likeness (QED) is 0.864. The minimum absolute atomic E-state index is 0.305. The van der Waals surface area contributed by atoms with Crippen LogP contribution in [0.2, 0.25) is 0 Å². The topological polar surface area (TPSA) is 29.3 Å². The maximum atomic E-state index is 5.93. The van der Waals surface area contributed by atoms with E-state index in [0.717, 1.165) is 13.0 Å². The molecule has 0 fully saturated rings. The van der Waals surface area contributed by atoms with Crippen molar-refractivity contribution in [1.29, 1.82) is 0 Å². The number of likely N-dealkylation sites (N-methyl/N-ethyl adjacent to an activating group) is 1. The van der Waals surface area contributed by atoms with Gasteiger partial charge in [0.05, 0.1) is 6.04 Å². The Labute approximate surface area is 125 Å². The summed E-state index contributed by atoms with van der Waals surface area (Å²) in [6.45, 7) is 1.69. The van der Waals surface area contributed by atoms with Crippen molar-refractivity contribution >= 4 is 38.6 Å². The SMILES string of the molecule is CN(CCc1cccs1)C(CN)c1sccc1Br. The van der Waals surface area contributed by atoms with Gasteiger partial charge in [0, 0.05) is 27.3 Å². The Balaban J connectivity index is 1.98. The number of rotatable bonds is 6. The minimum atomic E-state index is 0.305. The van der Waals surface area contributed by atoms with Crippen LogP contribution in [0.3, 0.4) is 0 Å². The van der Waals surface area contributed by atoms with Crippen LogP contribution in [0.25, 0.3) is 0 Å². The average molecular weight is 345 g/mol.